The molecule has 0 saturated heterocycles. The summed E-state index contributed by atoms with van der Waals surface area (Å²) in [7, 11) is 1.63. The summed E-state index contributed by atoms with van der Waals surface area (Å²) in [5.74, 6) is 1.43. The molecule has 24 heavy (non-hydrogen) atoms. The molecule has 0 amide bonds. The fourth-order valence-electron chi connectivity index (χ4n) is 2.15. The van der Waals surface area contributed by atoms with Crippen molar-refractivity contribution in [3.05, 3.63) is 71.0 Å². The van der Waals surface area contributed by atoms with Gasteiger partial charge in [0.15, 0.2) is 5.82 Å². The van der Waals surface area contributed by atoms with Crippen LogP contribution in [0.15, 0.2) is 65.8 Å². The van der Waals surface area contributed by atoms with Crippen molar-refractivity contribution in [1.82, 2.24) is 14.9 Å². The topological polar surface area (TPSA) is 55.2 Å². The van der Waals surface area contributed by atoms with Gasteiger partial charge in [0.05, 0.1) is 7.11 Å². The minimum Gasteiger partial charge on any atom is -0.497 e. The number of ether oxygens (including phenoxy) is 1. The van der Waals surface area contributed by atoms with E-state index in [4.69, 9.17) is 17.0 Å². The summed E-state index contributed by atoms with van der Waals surface area (Å²) in [5.41, 5.74) is 2.00. The summed E-state index contributed by atoms with van der Waals surface area (Å²) in [6.07, 6.45) is 5.52. The second kappa shape index (κ2) is 7.52. The number of hydrogen-bond acceptors (Lipinski definition) is 4. The highest BCUT2D eigenvalue weighted by Crippen LogP contribution is 2.20. The highest BCUT2D eigenvalue weighted by molar-refractivity contribution is 7.71. The maximum absolute atomic E-state index is 5.25. The highest BCUT2D eigenvalue weighted by atomic mass is 32.1. The Kier molecular flexibility index (Phi) is 4.98. The normalized spacial score (nSPS) is 11.4. The molecule has 3 aromatic rings. The molecule has 0 fully saturated rings. The van der Waals surface area contributed by atoms with Gasteiger partial charge >= 0.3 is 0 Å². The van der Waals surface area contributed by atoms with E-state index in [2.05, 4.69) is 15.3 Å². The van der Waals surface area contributed by atoms with Gasteiger partial charge in [0.25, 0.3) is 0 Å². The molecule has 1 aromatic heterocycles. The fourth-order valence-corrected chi connectivity index (χ4v) is 2.33. The van der Waals surface area contributed by atoms with Crippen LogP contribution in [-0.4, -0.2) is 28.2 Å². The van der Waals surface area contributed by atoms with Crippen LogP contribution >= 0.6 is 12.2 Å². The van der Waals surface area contributed by atoms with E-state index in [1.807, 2.05) is 66.7 Å². The van der Waals surface area contributed by atoms with E-state index in [1.165, 1.54) is 0 Å². The monoisotopic (exact) mass is 336 g/mol. The average molecular weight is 336 g/mol. The molecule has 0 spiro atoms. The molecule has 0 aliphatic carbocycles. The molecule has 1 heterocycles. The average Bonchev–Trinajstić information content (AvgIpc) is 3.00. The van der Waals surface area contributed by atoms with Gasteiger partial charge in [0, 0.05) is 11.8 Å². The first kappa shape index (κ1) is 15.9. The quantitative estimate of drug-likeness (QED) is 0.562. The smallest absolute Gasteiger partial charge is 0.216 e. The van der Waals surface area contributed by atoms with Crippen LogP contribution in [0.4, 0.5) is 0 Å². The van der Waals surface area contributed by atoms with E-state index in [9.17, 15) is 0 Å². The molecule has 6 heteroatoms. The van der Waals surface area contributed by atoms with Crippen molar-refractivity contribution in [2.45, 2.75) is 0 Å². The zero-order valence-electron chi connectivity index (χ0n) is 13.1. The molecule has 2 aromatic carbocycles. The molecular weight excluding hydrogens is 320 g/mol. The first-order valence-corrected chi connectivity index (χ1v) is 7.76. The Morgan fingerprint density at radius 1 is 1.12 bits per heavy atom. The third kappa shape index (κ3) is 3.67. The van der Waals surface area contributed by atoms with Crippen molar-refractivity contribution < 1.29 is 4.74 Å². The number of rotatable bonds is 5. The summed E-state index contributed by atoms with van der Waals surface area (Å²) < 4.78 is 7.19. The first-order valence-electron chi connectivity index (χ1n) is 7.36. The van der Waals surface area contributed by atoms with E-state index < -0.39 is 0 Å². The first-order chi connectivity index (χ1) is 11.8. The van der Waals surface area contributed by atoms with Gasteiger partial charge in [-0.1, -0.05) is 36.4 Å². The molecule has 0 bridgehead atoms. The van der Waals surface area contributed by atoms with Gasteiger partial charge in [-0.25, -0.2) is 5.10 Å². The van der Waals surface area contributed by atoms with Crippen molar-refractivity contribution >= 4 is 24.5 Å². The van der Waals surface area contributed by atoms with E-state index in [0.29, 0.717) is 10.6 Å². The lowest BCUT2D eigenvalue weighted by molar-refractivity contribution is 0.415. The Bertz CT molecular complexity index is 908. The predicted molar refractivity (Wildman–Crippen MR) is 98.8 cm³/mol. The number of methoxy groups -OCH3 is 1. The van der Waals surface area contributed by atoms with Crippen LogP contribution < -0.4 is 4.74 Å². The number of H-pyrrole nitrogens is 1. The van der Waals surface area contributed by atoms with Crippen LogP contribution in [0.5, 0.6) is 5.75 Å². The Hall–Kier alpha value is -2.99. The molecule has 5 nitrogen and oxygen atoms in total. The number of nitrogens with one attached hydrogen (secondary N) is 1. The third-order valence-electron chi connectivity index (χ3n) is 3.36. The maximum Gasteiger partial charge on any atom is 0.216 e. The Morgan fingerprint density at radius 2 is 1.88 bits per heavy atom. The molecule has 1 N–H and O–H groups in total. The van der Waals surface area contributed by atoms with E-state index in [-0.39, 0.29) is 0 Å². The lowest BCUT2D eigenvalue weighted by Crippen LogP contribution is -1.93. The van der Waals surface area contributed by atoms with Crippen LogP contribution in [-0.2, 0) is 0 Å². The van der Waals surface area contributed by atoms with Crippen LogP contribution in [0.1, 0.15) is 5.56 Å². The molecule has 120 valence electrons. The van der Waals surface area contributed by atoms with Crippen molar-refractivity contribution in [3.63, 3.8) is 0 Å². The van der Waals surface area contributed by atoms with Gasteiger partial charge in [-0.05, 0) is 48.1 Å². The summed E-state index contributed by atoms with van der Waals surface area (Å²) in [4.78, 5) is 0. The Balaban J connectivity index is 1.83. The van der Waals surface area contributed by atoms with Crippen molar-refractivity contribution in [1.29, 1.82) is 0 Å². The molecule has 0 aliphatic heterocycles. The third-order valence-corrected chi connectivity index (χ3v) is 3.62. The van der Waals surface area contributed by atoms with Gasteiger partial charge < -0.3 is 4.74 Å². The number of allylic oxidation sites excluding steroid dienone is 1. The number of benzene rings is 2. The second-order valence-corrected chi connectivity index (χ2v) is 5.31. The lowest BCUT2D eigenvalue weighted by atomic mass is 10.2. The number of hydrogen-bond donors (Lipinski definition) is 1. The van der Waals surface area contributed by atoms with Gasteiger partial charge in [-0.2, -0.15) is 14.9 Å². The van der Waals surface area contributed by atoms with Gasteiger partial charge in [0.1, 0.15) is 5.75 Å². The van der Waals surface area contributed by atoms with Crippen LogP contribution in [0.25, 0.3) is 17.5 Å². The SMILES string of the molecule is COc1ccc(-c2n[nH]c(=S)n2N=C/C=C/c2ccccc2)cc1. The summed E-state index contributed by atoms with van der Waals surface area (Å²) in [6, 6.07) is 17.6. The number of nitrogens with zero attached hydrogens (tertiary/aromatic N) is 3. The molecule has 3 rings (SSSR count). The minimum absolute atomic E-state index is 0.435. The summed E-state index contributed by atoms with van der Waals surface area (Å²) >= 11 is 5.25. The minimum atomic E-state index is 0.435. The molecule has 0 saturated carbocycles. The van der Waals surface area contributed by atoms with Crippen molar-refractivity contribution in [2.24, 2.45) is 5.10 Å². The summed E-state index contributed by atoms with van der Waals surface area (Å²) in [5, 5.41) is 11.4. The van der Waals surface area contributed by atoms with Crippen LogP contribution in [0.3, 0.4) is 0 Å². The van der Waals surface area contributed by atoms with Gasteiger partial charge in [0.2, 0.25) is 4.77 Å². The van der Waals surface area contributed by atoms with Crippen LogP contribution in [0, 0.1) is 4.77 Å². The van der Waals surface area contributed by atoms with Crippen molar-refractivity contribution in [3.8, 4) is 17.1 Å². The largest absolute Gasteiger partial charge is 0.497 e. The van der Waals surface area contributed by atoms with E-state index in [1.54, 1.807) is 18.0 Å². The highest BCUT2D eigenvalue weighted by Gasteiger charge is 2.07. The van der Waals surface area contributed by atoms with Gasteiger partial charge in [-0.3, -0.25) is 0 Å². The molecular formula is C18H16N4OS. The fraction of sp³-hybridized carbons (Fsp3) is 0.0556. The maximum atomic E-state index is 5.25. The van der Waals surface area contributed by atoms with E-state index in [0.717, 1.165) is 16.9 Å². The number of aromatic amines is 1. The number of aromatic nitrogens is 3. The summed E-state index contributed by atoms with van der Waals surface area (Å²) in [6.45, 7) is 0. The molecule has 0 unspecified atom stereocenters. The van der Waals surface area contributed by atoms with Gasteiger partial charge in [-0.15, -0.1) is 0 Å². The Morgan fingerprint density at radius 3 is 2.58 bits per heavy atom. The zero-order valence-corrected chi connectivity index (χ0v) is 13.9. The van der Waals surface area contributed by atoms with Crippen molar-refractivity contribution in [2.75, 3.05) is 7.11 Å². The lowest BCUT2D eigenvalue weighted by Gasteiger charge is -2.02. The molecule has 0 aliphatic rings. The molecule has 0 atom stereocenters. The Labute approximate surface area is 144 Å². The second-order valence-electron chi connectivity index (χ2n) is 4.93. The zero-order chi connectivity index (χ0) is 16.8. The molecule has 0 radical (unpaired) electrons. The predicted octanol–water partition coefficient (Wildman–Crippen LogP) is 4.16. The standard InChI is InChI=1S/C18H16N4OS/c1-23-16-11-9-15(10-12-16)17-20-21-18(24)22(17)19-13-5-8-14-6-3-2-4-7-14/h2-13H,1H3,(H,21,24)/b8-5+,19-13?. The van der Waals surface area contributed by atoms with E-state index >= 15 is 0 Å². The van der Waals surface area contributed by atoms with Crippen LogP contribution in [0.2, 0.25) is 0 Å².